The lowest BCUT2D eigenvalue weighted by molar-refractivity contribution is -0.117. The molecule has 142 valence electrons. The molecule has 0 spiro atoms. The molecule has 2 N–H and O–H groups in total. The van der Waals surface area contributed by atoms with Crippen LogP contribution in [0.2, 0.25) is 0 Å². The van der Waals surface area contributed by atoms with Crippen LogP contribution in [-0.4, -0.2) is 11.0 Å². The van der Waals surface area contributed by atoms with Crippen LogP contribution in [0.15, 0.2) is 66.7 Å². The van der Waals surface area contributed by atoms with E-state index in [1.54, 1.807) is 12.1 Å². The minimum Gasteiger partial charge on any atom is -0.384 e. The van der Waals surface area contributed by atoms with E-state index in [9.17, 15) is 18.7 Å². The van der Waals surface area contributed by atoms with E-state index >= 15 is 0 Å². The van der Waals surface area contributed by atoms with Gasteiger partial charge in [0.15, 0.2) is 0 Å². The number of halogens is 2. The maximum atomic E-state index is 13.9. The SMILES string of the molecule is O=C(Nc1ccc(-c2ccc(C(O)c3ccc(F)cc3F)cc2)cc1)C1CC1. The summed E-state index contributed by atoms with van der Waals surface area (Å²) in [5, 5.41) is 13.3. The van der Waals surface area contributed by atoms with Gasteiger partial charge >= 0.3 is 0 Å². The van der Waals surface area contributed by atoms with Crippen molar-refractivity contribution in [1.82, 2.24) is 0 Å². The van der Waals surface area contributed by atoms with Gasteiger partial charge in [-0.1, -0.05) is 42.5 Å². The molecule has 3 aromatic rings. The summed E-state index contributed by atoms with van der Waals surface area (Å²) in [6.45, 7) is 0. The number of aliphatic hydroxyl groups excluding tert-OH is 1. The van der Waals surface area contributed by atoms with Crippen LogP contribution in [0.4, 0.5) is 14.5 Å². The highest BCUT2D eigenvalue weighted by molar-refractivity contribution is 5.94. The standard InChI is InChI=1S/C23H19F2NO2/c24-18-9-12-20(21(25)13-18)22(27)16-3-1-14(2-4-16)15-7-10-19(11-8-15)26-23(28)17-5-6-17/h1-4,7-13,17,22,27H,5-6H2,(H,26,28). The van der Waals surface area contributed by atoms with Gasteiger partial charge in [-0.25, -0.2) is 8.78 Å². The summed E-state index contributed by atoms with van der Waals surface area (Å²) in [6.07, 6.45) is 0.753. The van der Waals surface area contributed by atoms with Crippen LogP contribution >= 0.6 is 0 Å². The van der Waals surface area contributed by atoms with E-state index in [0.717, 1.165) is 41.8 Å². The van der Waals surface area contributed by atoms with Crippen molar-refractivity contribution in [1.29, 1.82) is 0 Å². The number of nitrogens with one attached hydrogen (secondary N) is 1. The van der Waals surface area contributed by atoms with Crippen molar-refractivity contribution in [2.24, 2.45) is 5.92 Å². The Bertz CT molecular complexity index is 996. The Labute approximate surface area is 161 Å². The summed E-state index contributed by atoms with van der Waals surface area (Å²) < 4.78 is 26.9. The fourth-order valence-corrected chi connectivity index (χ4v) is 3.10. The summed E-state index contributed by atoms with van der Waals surface area (Å²) in [5.74, 6) is -1.23. The molecule has 1 unspecified atom stereocenters. The first-order chi connectivity index (χ1) is 13.5. The summed E-state index contributed by atoms with van der Waals surface area (Å²) in [7, 11) is 0. The molecule has 1 atom stereocenters. The number of aliphatic hydroxyl groups is 1. The number of benzene rings is 3. The van der Waals surface area contributed by atoms with E-state index in [-0.39, 0.29) is 17.4 Å². The summed E-state index contributed by atoms with van der Waals surface area (Å²) >= 11 is 0. The smallest absolute Gasteiger partial charge is 0.227 e. The van der Waals surface area contributed by atoms with E-state index in [1.165, 1.54) is 6.07 Å². The number of amides is 1. The van der Waals surface area contributed by atoms with Crippen molar-refractivity contribution < 1.29 is 18.7 Å². The van der Waals surface area contributed by atoms with Gasteiger partial charge in [-0.2, -0.15) is 0 Å². The van der Waals surface area contributed by atoms with Crippen molar-refractivity contribution in [3.05, 3.63) is 89.5 Å². The van der Waals surface area contributed by atoms with Crippen molar-refractivity contribution >= 4 is 11.6 Å². The molecule has 1 aliphatic rings. The monoisotopic (exact) mass is 379 g/mol. The van der Waals surface area contributed by atoms with Gasteiger partial charge in [-0.15, -0.1) is 0 Å². The predicted molar refractivity (Wildman–Crippen MR) is 104 cm³/mol. The first-order valence-corrected chi connectivity index (χ1v) is 9.15. The number of rotatable bonds is 5. The average molecular weight is 379 g/mol. The summed E-state index contributed by atoms with van der Waals surface area (Å²) in [4.78, 5) is 11.8. The van der Waals surface area contributed by atoms with E-state index < -0.39 is 17.7 Å². The highest BCUT2D eigenvalue weighted by Crippen LogP contribution is 2.31. The van der Waals surface area contributed by atoms with Crippen molar-refractivity contribution in [3.8, 4) is 11.1 Å². The third-order valence-corrected chi connectivity index (χ3v) is 4.92. The summed E-state index contributed by atoms with van der Waals surface area (Å²) in [5.41, 5.74) is 3.20. The highest BCUT2D eigenvalue weighted by atomic mass is 19.1. The molecule has 0 radical (unpaired) electrons. The normalized spacial score (nSPS) is 14.5. The molecule has 0 aliphatic heterocycles. The molecule has 3 aromatic carbocycles. The second-order valence-electron chi connectivity index (χ2n) is 7.03. The van der Waals surface area contributed by atoms with Crippen molar-refractivity contribution in [2.75, 3.05) is 5.32 Å². The fourth-order valence-electron chi connectivity index (χ4n) is 3.10. The topological polar surface area (TPSA) is 49.3 Å². The minimum absolute atomic E-state index is 0.0323. The maximum Gasteiger partial charge on any atom is 0.227 e. The third-order valence-electron chi connectivity index (χ3n) is 4.92. The second kappa shape index (κ2) is 7.52. The molecule has 1 amide bonds. The Morgan fingerprint density at radius 2 is 1.54 bits per heavy atom. The van der Waals surface area contributed by atoms with Gasteiger partial charge in [-0.05, 0) is 47.7 Å². The molecule has 4 rings (SSSR count). The number of carbonyl (C=O) groups is 1. The van der Waals surface area contributed by atoms with Gasteiger partial charge in [0, 0.05) is 23.2 Å². The Kier molecular flexibility index (Phi) is 4.92. The van der Waals surface area contributed by atoms with Gasteiger partial charge in [0.2, 0.25) is 5.91 Å². The zero-order valence-electron chi connectivity index (χ0n) is 15.0. The molecular formula is C23H19F2NO2. The van der Waals surface area contributed by atoms with Gasteiger partial charge in [0.1, 0.15) is 17.7 Å². The highest BCUT2D eigenvalue weighted by Gasteiger charge is 2.29. The summed E-state index contributed by atoms with van der Waals surface area (Å²) in [6, 6.07) is 17.8. The fraction of sp³-hybridized carbons (Fsp3) is 0.174. The van der Waals surface area contributed by atoms with Crippen molar-refractivity contribution in [3.63, 3.8) is 0 Å². The van der Waals surface area contributed by atoms with Crippen LogP contribution < -0.4 is 5.32 Å². The lowest BCUT2D eigenvalue weighted by Crippen LogP contribution is -2.12. The van der Waals surface area contributed by atoms with Gasteiger partial charge in [0.05, 0.1) is 0 Å². The van der Waals surface area contributed by atoms with Crippen LogP contribution in [0.3, 0.4) is 0 Å². The van der Waals surface area contributed by atoms with Gasteiger partial charge in [-0.3, -0.25) is 4.79 Å². The molecule has 5 heteroatoms. The number of hydrogen-bond donors (Lipinski definition) is 2. The Hall–Kier alpha value is -3.05. The second-order valence-corrected chi connectivity index (χ2v) is 7.03. The van der Waals surface area contributed by atoms with Crippen molar-refractivity contribution in [2.45, 2.75) is 18.9 Å². The van der Waals surface area contributed by atoms with Crippen LogP contribution in [0.5, 0.6) is 0 Å². The molecule has 0 heterocycles. The molecule has 28 heavy (non-hydrogen) atoms. The van der Waals surface area contributed by atoms with E-state index in [4.69, 9.17) is 0 Å². The van der Waals surface area contributed by atoms with Crippen LogP contribution in [0.25, 0.3) is 11.1 Å². The molecule has 3 nitrogen and oxygen atoms in total. The van der Waals surface area contributed by atoms with Crippen LogP contribution in [0.1, 0.15) is 30.1 Å². The Morgan fingerprint density at radius 3 is 2.11 bits per heavy atom. The first kappa shape index (κ1) is 18.3. The van der Waals surface area contributed by atoms with E-state index in [0.29, 0.717) is 5.56 Å². The Morgan fingerprint density at radius 1 is 0.929 bits per heavy atom. The quantitative estimate of drug-likeness (QED) is 0.651. The van der Waals surface area contributed by atoms with Crippen LogP contribution in [0, 0.1) is 17.6 Å². The largest absolute Gasteiger partial charge is 0.384 e. The zero-order chi connectivity index (χ0) is 19.7. The molecule has 1 aliphatic carbocycles. The molecule has 0 saturated heterocycles. The first-order valence-electron chi connectivity index (χ1n) is 9.15. The maximum absolute atomic E-state index is 13.9. The van der Waals surface area contributed by atoms with E-state index in [2.05, 4.69) is 5.32 Å². The van der Waals surface area contributed by atoms with Gasteiger partial charge < -0.3 is 10.4 Å². The predicted octanol–water partition coefficient (Wildman–Crippen LogP) is 5.06. The molecule has 1 fully saturated rings. The third kappa shape index (κ3) is 3.94. The van der Waals surface area contributed by atoms with Gasteiger partial charge in [0.25, 0.3) is 0 Å². The number of anilines is 1. The average Bonchev–Trinajstić information content (AvgIpc) is 3.54. The molecule has 1 saturated carbocycles. The van der Waals surface area contributed by atoms with Crippen LogP contribution in [-0.2, 0) is 4.79 Å². The minimum atomic E-state index is -1.17. The molecule has 0 aromatic heterocycles. The molecular weight excluding hydrogens is 360 g/mol. The number of carbonyl (C=O) groups excluding carboxylic acids is 1. The zero-order valence-corrected chi connectivity index (χ0v) is 15.0. The number of hydrogen-bond acceptors (Lipinski definition) is 2. The van der Waals surface area contributed by atoms with E-state index in [1.807, 2.05) is 36.4 Å². The Balaban J connectivity index is 1.48. The molecule has 0 bridgehead atoms. The lowest BCUT2D eigenvalue weighted by Gasteiger charge is -2.13. The lowest BCUT2D eigenvalue weighted by atomic mass is 9.98.